The lowest BCUT2D eigenvalue weighted by molar-refractivity contribution is 0.0637. The highest BCUT2D eigenvalue weighted by Crippen LogP contribution is 2.22. The first kappa shape index (κ1) is 72.1. The largest absolute Gasteiger partial charge is 0.478 e. The van der Waals surface area contributed by atoms with Crippen LogP contribution >= 0.6 is 49.6 Å². The predicted molar refractivity (Wildman–Crippen MR) is 246 cm³/mol. The van der Waals surface area contributed by atoms with Crippen molar-refractivity contribution < 1.29 is 158 Å². The molecule has 36 heteroatoms. The Bertz CT molecular complexity index is 2330. The van der Waals surface area contributed by atoms with Crippen LogP contribution in [0.4, 0.5) is 0 Å². The average Bonchev–Trinajstić information content (AvgIpc) is 3.26. The molecule has 0 aliphatic carbocycles. The molecule has 76 heavy (non-hydrogen) atoms. The molecule has 0 saturated carbocycles. The third kappa shape index (κ3) is 18.0. The van der Waals surface area contributed by atoms with Gasteiger partial charge >= 0.3 is 95.5 Å². The summed E-state index contributed by atoms with van der Waals surface area (Å²) in [5.74, 6) is -26.6. The van der Waals surface area contributed by atoms with Crippen LogP contribution in [0.1, 0.15) is 166 Å². The molecule has 16 N–H and O–H groups in total. The second-order valence-corrected chi connectivity index (χ2v) is 12.7. The zero-order valence-corrected chi connectivity index (χ0v) is 39.2. The van der Waals surface area contributed by atoms with E-state index in [0.29, 0.717) is 48.5 Å². The maximum Gasteiger partial charge on any atom is 0.336 e. The van der Waals surface area contributed by atoms with E-state index in [1.165, 1.54) is 0 Å². The average molecular weight is 1160 g/mol. The van der Waals surface area contributed by atoms with Gasteiger partial charge in [-0.05, 0) is 48.5 Å². The molecule has 0 aliphatic heterocycles. The van der Waals surface area contributed by atoms with Gasteiger partial charge in [-0.15, -0.1) is 49.6 Å². The van der Waals surface area contributed by atoms with Gasteiger partial charge in [0.1, 0.15) is 0 Å². The van der Waals surface area contributed by atoms with E-state index in [4.69, 9.17) is 81.7 Å². The lowest BCUT2D eigenvalue weighted by atomic mass is 9.98. The maximum absolute atomic E-state index is 10.8. The molecule has 0 aliphatic rings. The first-order valence-electron chi connectivity index (χ1n) is 17.5. The zero-order valence-electron chi connectivity index (χ0n) is 35.9. The molecule has 0 atom stereocenters. The summed E-state index contributed by atoms with van der Waals surface area (Å²) in [6.45, 7) is 0. The van der Waals surface area contributed by atoms with Gasteiger partial charge in [0, 0.05) is 0 Å². The second-order valence-electron chi connectivity index (χ2n) is 12.7. The Kier molecular flexibility index (Phi) is 28.3. The number of hydrogen-bond donors (Lipinski definition) is 16. The van der Waals surface area contributed by atoms with Crippen molar-refractivity contribution in [2.24, 2.45) is 0 Å². The van der Waals surface area contributed by atoms with Crippen molar-refractivity contribution in [3.63, 3.8) is 0 Å². The van der Waals surface area contributed by atoms with Gasteiger partial charge in [0.15, 0.2) is 0 Å². The van der Waals surface area contributed by atoms with Gasteiger partial charge < -0.3 is 81.7 Å². The monoisotopic (exact) mass is 1160 g/mol. The molecule has 0 bridgehead atoms. The molecule has 0 amide bonds. The van der Waals surface area contributed by atoms with Crippen LogP contribution in [0.2, 0.25) is 0 Å². The maximum atomic E-state index is 10.8. The third-order valence-electron chi connectivity index (χ3n) is 8.32. The Hall–Kier alpha value is -10.4. The smallest absolute Gasteiger partial charge is 0.336 e. The van der Waals surface area contributed by atoms with Crippen LogP contribution in [-0.2, 0) is 0 Å². The van der Waals surface area contributed by atoms with Gasteiger partial charge in [-0.2, -0.15) is 0 Å². The van der Waals surface area contributed by atoms with Crippen LogP contribution in [0.3, 0.4) is 0 Å². The van der Waals surface area contributed by atoms with Gasteiger partial charge in [-0.1, -0.05) is 0 Å². The van der Waals surface area contributed by atoms with E-state index >= 15 is 0 Å². The third-order valence-corrected chi connectivity index (χ3v) is 8.32. The van der Waals surface area contributed by atoms with Crippen LogP contribution in [0, 0.1) is 0 Å². The SMILES string of the molecule is Cl.Cl.Cl.Cl.O=C(O)c1cc(C(=O)O)c(C(=O)O)cc1C(=O)O.O=C(O)c1cc(C(=O)O)c(C(=O)O)cc1C(=O)O.O=C(O)c1cc(C(=O)O)c(C(=O)O)cc1C(=O)O.O=C(O)c1cc(C(=O)O)c(C(=O)O)cc1C(=O)O. The molecule has 4 rings (SSSR count). The minimum absolute atomic E-state index is 0. The van der Waals surface area contributed by atoms with E-state index < -0.39 is 185 Å². The van der Waals surface area contributed by atoms with E-state index in [2.05, 4.69) is 0 Å². The molecular weight excluding hydrogens is 1130 g/mol. The molecule has 0 aromatic heterocycles. The van der Waals surface area contributed by atoms with Crippen LogP contribution in [0.5, 0.6) is 0 Å². The van der Waals surface area contributed by atoms with Crippen LogP contribution in [0.25, 0.3) is 0 Å². The molecule has 4 aromatic rings. The van der Waals surface area contributed by atoms with E-state index in [0.717, 1.165) is 0 Å². The minimum Gasteiger partial charge on any atom is -0.478 e. The van der Waals surface area contributed by atoms with Gasteiger partial charge in [0.05, 0.1) is 89.0 Å². The highest BCUT2D eigenvalue weighted by Gasteiger charge is 2.29. The number of carbonyl (C=O) groups is 16. The molecule has 0 unspecified atom stereocenters. The fourth-order valence-corrected chi connectivity index (χ4v) is 5.23. The predicted octanol–water partition coefficient (Wildman–Crippen LogP) is 3.60. The Labute approximate surface area is 439 Å². The second kappa shape index (κ2) is 29.8. The van der Waals surface area contributed by atoms with Crippen molar-refractivity contribution in [2.75, 3.05) is 0 Å². The van der Waals surface area contributed by atoms with Crippen LogP contribution in [-0.4, -0.2) is 177 Å². The zero-order chi connectivity index (χ0) is 56.1. The molecule has 32 nitrogen and oxygen atoms in total. The lowest BCUT2D eigenvalue weighted by Crippen LogP contribution is -2.15. The number of benzene rings is 4. The summed E-state index contributed by atoms with van der Waals surface area (Å²) in [4.78, 5) is 172. The van der Waals surface area contributed by atoms with Gasteiger partial charge in [0.2, 0.25) is 0 Å². The summed E-state index contributed by atoms with van der Waals surface area (Å²) in [6, 6.07) is 4.09. The normalized spacial score (nSPS) is 9.26. The number of rotatable bonds is 16. The quantitative estimate of drug-likeness (QED) is 0.0762. The molecule has 0 spiro atoms. The van der Waals surface area contributed by atoms with E-state index in [1.54, 1.807) is 0 Å². The number of aromatic carboxylic acids is 16. The Morgan fingerprint density at radius 2 is 0.184 bits per heavy atom. The summed E-state index contributed by atoms with van der Waals surface area (Å²) >= 11 is 0. The fourth-order valence-electron chi connectivity index (χ4n) is 5.23. The molecule has 0 fully saturated rings. The van der Waals surface area contributed by atoms with Crippen molar-refractivity contribution in [1.82, 2.24) is 0 Å². The molecule has 4 aromatic carbocycles. The van der Waals surface area contributed by atoms with Crippen LogP contribution in [0.15, 0.2) is 48.5 Å². The van der Waals surface area contributed by atoms with Crippen LogP contribution < -0.4 is 0 Å². The summed E-state index contributed by atoms with van der Waals surface area (Å²) in [5, 5.41) is 140. The molecule has 408 valence electrons. The summed E-state index contributed by atoms with van der Waals surface area (Å²) in [7, 11) is 0. The summed E-state index contributed by atoms with van der Waals surface area (Å²) in [5.41, 5.74) is -12.6. The van der Waals surface area contributed by atoms with Crippen molar-refractivity contribution in [3.05, 3.63) is 138 Å². The Morgan fingerprint density at radius 3 is 0.211 bits per heavy atom. The standard InChI is InChI=1S/4C10H6O8.4ClH/c4*11-7(12)3-1-4(8(13)14)6(10(17)18)2-5(3)9(15)16;;;;/h4*1-2H,(H,11,12)(H,13,14)(H,15,16)(H,17,18);4*1H. The van der Waals surface area contributed by atoms with Gasteiger partial charge in [-0.3, -0.25) is 0 Å². The Balaban J connectivity index is -0.000000447. The number of hydrogen-bond acceptors (Lipinski definition) is 16. The van der Waals surface area contributed by atoms with E-state index in [9.17, 15) is 76.7 Å². The number of carboxylic acid groups (broad SMARTS) is 16. The number of halogens is 4. The van der Waals surface area contributed by atoms with Crippen molar-refractivity contribution in [2.45, 2.75) is 0 Å². The number of carboxylic acids is 16. The van der Waals surface area contributed by atoms with E-state index in [-0.39, 0.29) is 49.6 Å². The van der Waals surface area contributed by atoms with Crippen molar-refractivity contribution >= 4 is 145 Å². The summed E-state index contributed by atoms with van der Waals surface area (Å²) in [6.07, 6.45) is 0. The fraction of sp³-hybridized carbons (Fsp3) is 0. The molecule has 0 radical (unpaired) electrons. The van der Waals surface area contributed by atoms with Gasteiger partial charge in [0.25, 0.3) is 0 Å². The first-order chi connectivity index (χ1) is 33.0. The van der Waals surface area contributed by atoms with Crippen molar-refractivity contribution in [3.8, 4) is 0 Å². The highest BCUT2D eigenvalue weighted by molar-refractivity contribution is 6.12. The van der Waals surface area contributed by atoms with Gasteiger partial charge in [-0.25, -0.2) is 76.7 Å². The van der Waals surface area contributed by atoms with E-state index in [1.807, 2.05) is 0 Å². The molecule has 0 saturated heterocycles. The Morgan fingerprint density at radius 1 is 0.145 bits per heavy atom. The highest BCUT2D eigenvalue weighted by atomic mass is 35.5. The minimum atomic E-state index is -1.66. The topological polar surface area (TPSA) is 597 Å². The first-order valence-corrected chi connectivity index (χ1v) is 17.5. The molecule has 0 heterocycles. The molecular formula is C40H28Cl4O32. The lowest BCUT2D eigenvalue weighted by Gasteiger charge is -2.06. The summed E-state index contributed by atoms with van der Waals surface area (Å²) < 4.78 is 0. The van der Waals surface area contributed by atoms with Crippen molar-refractivity contribution in [1.29, 1.82) is 0 Å².